The van der Waals surface area contributed by atoms with Gasteiger partial charge in [-0.3, -0.25) is 4.98 Å². The van der Waals surface area contributed by atoms with Crippen molar-refractivity contribution in [3.05, 3.63) is 58.9 Å². The summed E-state index contributed by atoms with van der Waals surface area (Å²) in [5, 5.41) is 4.25. The minimum absolute atomic E-state index is 0.219. The van der Waals surface area contributed by atoms with Crippen LogP contribution in [0.2, 0.25) is 5.02 Å². The topological polar surface area (TPSA) is 34.2 Å². The molecule has 0 saturated carbocycles. The van der Waals surface area contributed by atoms with Gasteiger partial charge >= 0.3 is 0 Å². The van der Waals surface area contributed by atoms with Gasteiger partial charge in [-0.2, -0.15) is 0 Å². The summed E-state index contributed by atoms with van der Waals surface area (Å²) in [6.07, 6.45) is 5.62. The minimum Gasteiger partial charge on any atom is -0.496 e. The molecule has 0 spiro atoms. The summed E-state index contributed by atoms with van der Waals surface area (Å²) in [4.78, 5) is 4.05. The molecule has 0 bridgehead atoms. The van der Waals surface area contributed by atoms with Crippen molar-refractivity contribution in [3.8, 4) is 5.75 Å². The van der Waals surface area contributed by atoms with Crippen LogP contribution in [0.25, 0.3) is 0 Å². The molecule has 0 saturated heterocycles. The van der Waals surface area contributed by atoms with Crippen molar-refractivity contribution in [2.45, 2.75) is 25.8 Å². The van der Waals surface area contributed by atoms with Crippen molar-refractivity contribution >= 4 is 11.6 Å². The van der Waals surface area contributed by atoms with E-state index < -0.39 is 0 Å². The second-order valence-corrected chi connectivity index (χ2v) is 5.33. The molecule has 4 heteroatoms. The zero-order valence-corrected chi connectivity index (χ0v) is 13.2. The van der Waals surface area contributed by atoms with Gasteiger partial charge in [-0.1, -0.05) is 18.5 Å². The summed E-state index contributed by atoms with van der Waals surface area (Å²) in [5.74, 6) is 0.875. The Bertz CT molecular complexity index is 560. The van der Waals surface area contributed by atoms with Gasteiger partial charge < -0.3 is 10.1 Å². The van der Waals surface area contributed by atoms with E-state index in [0.29, 0.717) is 0 Å². The molecule has 1 heterocycles. The average molecular weight is 305 g/mol. The standard InChI is InChI=1S/C17H21ClN2O/c1-3-20-16(6-4-13-8-10-19-11-9-13)15-12-14(18)5-7-17(15)21-2/h5,7-12,16,20H,3-4,6H2,1-2H3. The van der Waals surface area contributed by atoms with E-state index in [0.717, 1.165) is 35.7 Å². The van der Waals surface area contributed by atoms with Crippen LogP contribution in [0.3, 0.4) is 0 Å². The molecule has 0 radical (unpaired) electrons. The lowest BCUT2D eigenvalue weighted by molar-refractivity contribution is 0.396. The maximum absolute atomic E-state index is 6.14. The second kappa shape index (κ2) is 8.01. The second-order valence-electron chi connectivity index (χ2n) is 4.89. The minimum atomic E-state index is 0.219. The number of halogens is 1. The number of ether oxygens (including phenoxy) is 1. The highest BCUT2D eigenvalue weighted by Crippen LogP contribution is 2.30. The molecule has 2 rings (SSSR count). The van der Waals surface area contributed by atoms with E-state index in [1.165, 1.54) is 5.56 Å². The highest BCUT2D eigenvalue weighted by molar-refractivity contribution is 6.30. The van der Waals surface area contributed by atoms with Crippen LogP contribution >= 0.6 is 11.6 Å². The first-order chi connectivity index (χ1) is 10.2. The first-order valence-electron chi connectivity index (χ1n) is 7.20. The molecule has 1 atom stereocenters. The van der Waals surface area contributed by atoms with Crippen LogP contribution in [-0.4, -0.2) is 18.6 Å². The monoisotopic (exact) mass is 304 g/mol. The summed E-state index contributed by atoms with van der Waals surface area (Å²) >= 11 is 6.14. The van der Waals surface area contributed by atoms with Gasteiger partial charge in [0.05, 0.1) is 7.11 Å². The summed E-state index contributed by atoms with van der Waals surface area (Å²) in [5.41, 5.74) is 2.40. The van der Waals surface area contributed by atoms with Crippen LogP contribution in [0.5, 0.6) is 5.75 Å². The third kappa shape index (κ3) is 4.45. The Labute approximate surface area is 131 Å². The van der Waals surface area contributed by atoms with Gasteiger partial charge in [0.25, 0.3) is 0 Å². The van der Waals surface area contributed by atoms with Crippen LogP contribution in [-0.2, 0) is 6.42 Å². The van der Waals surface area contributed by atoms with Gasteiger partial charge in [0, 0.05) is 29.0 Å². The fraction of sp³-hybridized carbons (Fsp3) is 0.353. The number of hydrogen-bond acceptors (Lipinski definition) is 3. The zero-order chi connectivity index (χ0) is 15.1. The van der Waals surface area contributed by atoms with Crippen molar-refractivity contribution in [2.75, 3.05) is 13.7 Å². The summed E-state index contributed by atoms with van der Waals surface area (Å²) in [6, 6.07) is 10.1. The van der Waals surface area contributed by atoms with Gasteiger partial charge in [-0.15, -0.1) is 0 Å². The highest BCUT2D eigenvalue weighted by Gasteiger charge is 2.15. The molecule has 21 heavy (non-hydrogen) atoms. The number of rotatable bonds is 7. The lowest BCUT2D eigenvalue weighted by atomic mass is 9.98. The highest BCUT2D eigenvalue weighted by atomic mass is 35.5. The number of nitrogens with one attached hydrogen (secondary N) is 1. The van der Waals surface area contributed by atoms with Gasteiger partial charge in [-0.25, -0.2) is 0 Å². The largest absolute Gasteiger partial charge is 0.496 e. The Balaban J connectivity index is 2.16. The normalized spacial score (nSPS) is 12.1. The smallest absolute Gasteiger partial charge is 0.123 e. The molecule has 0 fully saturated rings. The van der Waals surface area contributed by atoms with E-state index in [1.807, 2.05) is 30.6 Å². The van der Waals surface area contributed by atoms with Gasteiger partial charge in [0.1, 0.15) is 5.75 Å². The SMILES string of the molecule is CCNC(CCc1ccncc1)c1cc(Cl)ccc1OC. The van der Waals surface area contributed by atoms with Gasteiger partial charge in [0.15, 0.2) is 0 Å². The molecule has 0 amide bonds. The first kappa shape index (κ1) is 15.8. The average Bonchev–Trinajstić information content (AvgIpc) is 2.52. The van der Waals surface area contributed by atoms with E-state index in [1.54, 1.807) is 7.11 Å². The molecule has 0 aliphatic rings. The third-order valence-corrected chi connectivity index (χ3v) is 3.72. The number of hydrogen-bond donors (Lipinski definition) is 1. The molecule has 1 unspecified atom stereocenters. The number of benzene rings is 1. The van der Waals surface area contributed by atoms with Crippen molar-refractivity contribution in [2.24, 2.45) is 0 Å². The molecule has 0 aliphatic carbocycles. The number of aryl methyl sites for hydroxylation is 1. The van der Waals surface area contributed by atoms with E-state index in [-0.39, 0.29) is 6.04 Å². The summed E-state index contributed by atoms with van der Waals surface area (Å²) < 4.78 is 5.47. The fourth-order valence-electron chi connectivity index (χ4n) is 2.45. The van der Waals surface area contributed by atoms with E-state index in [9.17, 15) is 0 Å². The Kier molecular flexibility index (Phi) is 6.03. The van der Waals surface area contributed by atoms with E-state index in [2.05, 4.69) is 29.4 Å². The Morgan fingerprint density at radius 1 is 1.24 bits per heavy atom. The lowest BCUT2D eigenvalue weighted by Gasteiger charge is -2.21. The van der Waals surface area contributed by atoms with Crippen molar-refractivity contribution in [1.82, 2.24) is 10.3 Å². The molecule has 1 aromatic carbocycles. The molecule has 1 N–H and O–H groups in total. The number of nitrogens with zero attached hydrogens (tertiary/aromatic N) is 1. The summed E-state index contributed by atoms with van der Waals surface area (Å²) in [6.45, 7) is 3.01. The van der Waals surface area contributed by atoms with Crippen LogP contribution in [0.1, 0.15) is 30.5 Å². The molecule has 112 valence electrons. The molecular formula is C17H21ClN2O. The van der Waals surface area contributed by atoms with Crippen LogP contribution in [0.4, 0.5) is 0 Å². The summed E-state index contributed by atoms with van der Waals surface area (Å²) in [7, 11) is 1.69. The molecule has 1 aromatic heterocycles. The van der Waals surface area contributed by atoms with Crippen molar-refractivity contribution < 1.29 is 4.74 Å². The molecule has 0 aliphatic heterocycles. The predicted molar refractivity (Wildman–Crippen MR) is 87.0 cm³/mol. The Morgan fingerprint density at radius 3 is 2.67 bits per heavy atom. The number of pyridine rings is 1. The van der Waals surface area contributed by atoms with Crippen LogP contribution in [0, 0.1) is 0 Å². The first-order valence-corrected chi connectivity index (χ1v) is 7.58. The van der Waals surface area contributed by atoms with Crippen molar-refractivity contribution in [1.29, 1.82) is 0 Å². The van der Waals surface area contributed by atoms with E-state index >= 15 is 0 Å². The quantitative estimate of drug-likeness (QED) is 0.838. The maximum Gasteiger partial charge on any atom is 0.123 e. The lowest BCUT2D eigenvalue weighted by Crippen LogP contribution is -2.22. The number of methoxy groups -OCH3 is 1. The van der Waals surface area contributed by atoms with Crippen LogP contribution in [0.15, 0.2) is 42.7 Å². The Morgan fingerprint density at radius 2 is 2.00 bits per heavy atom. The van der Waals surface area contributed by atoms with Gasteiger partial charge in [0.2, 0.25) is 0 Å². The van der Waals surface area contributed by atoms with Crippen molar-refractivity contribution in [3.63, 3.8) is 0 Å². The van der Waals surface area contributed by atoms with Crippen LogP contribution < -0.4 is 10.1 Å². The van der Waals surface area contributed by atoms with Gasteiger partial charge in [-0.05, 0) is 55.3 Å². The third-order valence-electron chi connectivity index (χ3n) is 3.49. The maximum atomic E-state index is 6.14. The predicted octanol–water partition coefficient (Wildman–Crippen LogP) is 4.03. The molecule has 2 aromatic rings. The van der Waals surface area contributed by atoms with E-state index in [4.69, 9.17) is 16.3 Å². The number of aromatic nitrogens is 1. The fourth-order valence-corrected chi connectivity index (χ4v) is 2.63. The Hall–Kier alpha value is -1.58. The molecular weight excluding hydrogens is 284 g/mol. The molecule has 3 nitrogen and oxygen atoms in total. The zero-order valence-electron chi connectivity index (χ0n) is 12.5.